The van der Waals surface area contributed by atoms with Crippen LogP contribution in [0, 0.1) is 5.92 Å². The molecule has 0 N–H and O–H groups in total. The van der Waals surface area contributed by atoms with Gasteiger partial charge in [0.2, 0.25) is 0 Å². The van der Waals surface area contributed by atoms with E-state index in [-0.39, 0.29) is 12.0 Å². The Morgan fingerprint density at radius 1 is 1.25 bits per heavy atom. The van der Waals surface area contributed by atoms with E-state index in [1.54, 1.807) is 0 Å². The molecule has 1 saturated heterocycles. The highest BCUT2D eigenvalue weighted by Gasteiger charge is 2.31. The zero-order chi connectivity index (χ0) is 12.1. The fourth-order valence-electron chi connectivity index (χ4n) is 2.17. The van der Waals surface area contributed by atoms with Crippen molar-refractivity contribution < 1.29 is 9.53 Å². The molecule has 0 amide bonds. The maximum absolute atomic E-state index is 11.9. The van der Waals surface area contributed by atoms with Gasteiger partial charge in [-0.05, 0) is 19.9 Å². The van der Waals surface area contributed by atoms with E-state index in [2.05, 4.69) is 30.7 Å². The maximum atomic E-state index is 11.9. The molecule has 0 saturated carbocycles. The first-order valence-electron chi connectivity index (χ1n) is 6.15. The zero-order valence-corrected chi connectivity index (χ0v) is 10.9. The molecule has 1 heterocycles. The van der Waals surface area contributed by atoms with Crippen LogP contribution in [0.5, 0.6) is 0 Å². The van der Waals surface area contributed by atoms with Crippen LogP contribution in [0.25, 0.3) is 0 Å². The third-order valence-corrected chi connectivity index (χ3v) is 3.09. The van der Waals surface area contributed by atoms with Crippen LogP contribution in [0.1, 0.15) is 20.8 Å². The Hall–Kier alpha value is -0.610. The van der Waals surface area contributed by atoms with Crippen LogP contribution >= 0.6 is 0 Å². The Bertz CT molecular complexity index is 223. The van der Waals surface area contributed by atoms with E-state index in [9.17, 15) is 4.79 Å². The summed E-state index contributed by atoms with van der Waals surface area (Å²) < 4.78 is 5.15. The van der Waals surface area contributed by atoms with Crippen LogP contribution in [0.15, 0.2) is 0 Å². The molecule has 0 bridgehead atoms. The first-order chi connectivity index (χ1) is 7.56. The molecule has 4 heteroatoms. The summed E-state index contributed by atoms with van der Waals surface area (Å²) in [5, 5.41) is 0. The Morgan fingerprint density at radius 2 is 1.81 bits per heavy atom. The minimum absolute atomic E-state index is 0.0675. The van der Waals surface area contributed by atoms with Gasteiger partial charge >= 0.3 is 5.97 Å². The van der Waals surface area contributed by atoms with Gasteiger partial charge in [-0.2, -0.15) is 0 Å². The van der Waals surface area contributed by atoms with E-state index in [1.165, 1.54) is 0 Å². The number of hydrogen-bond donors (Lipinski definition) is 0. The molecule has 0 aromatic rings. The lowest BCUT2D eigenvalue weighted by molar-refractivity contribution is -0.152. The minimum Gasteiger partial charge on any atom is -0.465 e. The van der Waals surface area contributed by atoms with E-state index < -0.39 is 0 Å². The molecule has 1 aliphatic heterocycles. The largest absolute Gasteiger partial charge is 0.465 e. The van der Waals surface area contributed by atoms with Crippen molar-refractivity contribution in [2.45, 2.75) is 26.8 Å². The average molecular weight is 228 g/mol. The molecular formula is C12H24N2O2. The Labute approximate surface area is 98.5 Å². The van der Waals surface area contributed by atoms with Gasteiger partial charge in [0.25, 0.3) is 0 Å². The third-order valence-electron chi connectivity index (χ3n) is 3.09. The first-order valence-corrected chi connectivity index (χ1v) is 6.15. The van der Waals surface area contributed by atoms with Crippen molar-refractivity contribution in [2.24, 2.45) is 5.92 Å². The highest BCUT2D eigenvalue weighted by atomic mass is 16.5. The Morgan fingerprint density at radius 3 is 2.25 bits per heavy atom. The second-order valence-electron chi connectivity index (χ2n) is 4.78. The lowest BCUT2D eigenvalue weighted by Gasteiger charge is -2.38. The van der Waals surface area contributed by atoms with E-state index in [1.807, 2.05) is 6.92 Å². The lowest BCUT2D eigenvalue weighted by atomic mass is 10.0. The normalized spacial score (nSPS) is 21.1. The number of rotatable bonds is 4. The summed E-state index contributed by atoms with van der Waals surface area (Å²) in [5.74, 6) is 0.240. The quantitative estimate of drug-likeness (QED) is 0.667. The van der Waals surface area contributed by atoms with Crippen molar-refractivity contribution >= 4 is 5.97 Å². The zero-order valence-electron chi connectivity index (χ0n) is 10.9. The molecule has 0 aliphatic carbocycles. The SMILES string of the molecule is CCOC(=O)C(C(C)C)N1CCN(C)CC1. The molecule has 0 spiro atoms. The predicted octanol–water partition coefficient (Wildman–Crippen LogP) is 0.821. The molecule has 1 atom stereocenters. The van der Waals surface area contributed by atoms with Crippen LogP contribution in [0.3, 0.4) is 0 Å². The average Bonchev–Trinajstić information content (AvgIpc) is 2.21. The van der Waals surface area contributed by atoms with Gasteiger partial charge in [-0.3, -0.25) is 9.69 Å². The van der Waals surface area contributed by atoms with E-state index in [0.717, 1.165) is 26.2 Å². The Balaban J connectivity index is 2.59. The van der Waals surface area contributed by atoms with Crippen LogP contribution in [0.4, 0.5) is 0 Å². The molecule has 1 rings (SSSR count). The summed E-state index contributed by atoms with van der Waals surface area (Å²) in [6.45, 7) is 10.5. The number of esters is 1. The minimum atomic E-state index is -0.0753. The standard InChI is InChI=1S/C12H24N2O2/c1-5-16-12(15)11(10(2)3)14-8-6-13(4)7-9-14/h10-11H,5-9H2,1-4H3. The van der Waals surface area contributed by atoms with Gasteiger partial charge in [0, 0.05) is 26.2 Å². The molecule has 94 valence electrons. The summed E-state index contributed by atoms with van der Waals surface area (Å²) in [5.41, 5.74) is 0. The van der Waals surface area contributed by atoms with Gasteiger partial charge in [0.15, 0.2) is 0 Å². The van der Waals surface area contributed by atoms with Crippen molar-refractivity contribution in [1.82, 2.24) is 9.80 Å². The summed E-state index contributed by atoms with van der Waals surface area (Å²) >= 11 is 0. The molecule has 16 heavy (non-hydrogen) atoms. The van der Waals surface area contributed by atoms with Crippen molar-refractivity contribution in [1.29, 1.82) is 0 Å². The van der Waals surface area contributed by atoms with Crippen molar-refractivity contribution in [3.8, 4) is 0 Å². The molecule has 1 aliphatic rings. The van der Waals surface area contributed by atoms with Crippen LogP contribution < -0.4 is 0 Å². The highest BCUT2D eigenvalue weighted by molar-refractivity contribution is 5.76. The number of piperazine rings is 1. The molecular weight excluding hydrogens is 204 g/mol. The second-order valence-corrected chi connectivity index (χ2v) is 4.78. The van der Waals surface area contributed by atoms with Crippen LogP contribution in [0.2, 0.25) is 0 Å². The van der Waals surface area contributed by atoms with Gasteiger partial charge < -0.3 is 9.64 Å². The maximum Gasteiger partial charge on any atom is 0.323 e. The fraction of sp³-hybridized carbons (Fsp3) is 0.917. The summed E-state index contributed by atoms with van der Waals surface area (Å²) in [6.07, 6.45) is 0. The van der Waals surface area contributed by atoms with Gasteiger partial charge in [0.05, 0.1) is 6.61 Å². The van der Waals surface area contributed by atoms with Gasteiger partial charge in [-0.1, -0.05) is 13.8 Å². The van der Waals surface area contributed by atoms with Crippen molar-refractivity contribution in [2.75, 3.05) is 39.8 Å². The van der Waals surface area contributed by atoms with E-state index in [4.69, 9.17) is 4.74 Å². The van der Waals surface area contributed by atoms with Gasteiger partial charge in [0.1, 0.15) is 6.04 Å². The molecule has 1 fully saturated rings. The number of ether oxygens (including phenoxy) is 1. The number of carbonyl (C=O) groups excluding carboxylic acids is 1. The number of nitrogens with zero attached hydrogens (tertiary/aromatic N) is 2. The summed E-state index contributed by atoms with van der Waals surface area (Å²) in [6, 6.07) is -0.0753. The fourth-order valence-corrected chi connectivity index (χ4v) is 2.17. The topological polar surface area (TPSA) is 32.8 Å². The molecule has 0 radical (unpaired) electrons. The molecule has 4 nitrogen and oxygen atoms in total. The monoisotopic (exact) mass is 228 g/mol. The number of carbonyl (C=O) groups is 1. The lowest BCUT2D eigenvalue weighted by Crippen LogP contribution is -2.53. The van der Waals surface area contributed by atoms with Crippen LogP contribution in [-0.2, 0) is 9.53 Å². The van der Waals surface area contributed by atoms with E-state index >= 15 is 0 Å². The van der Waals surface area contributed by atoms with Crippen molar-refractivity contribution in [3.05, 3.63) is 0 Å². The van der Waals surface area contributed by atoms with Gasteiger partial charge in [-0.25, -0.2) is 0 Å². The third kappa shape index (κ3) is 3.46. The summed E-state index contributed by atoms with van der Waals surface area (Å²) in [4.78, 5) is 16.4. The van der Waals surface area contributed by atoms with Crippen LogP contribution in [-0.4, -0.2) is 61.6 Å². The molecule has 0 aromatic carbocycles. The van der Waals surface area contributed by atoms with Gasteiger partial charge in [-0.15, -0.1) is 0 Å². The Kier molecular flexibility index (Phi) is 5.22. The highest BCUT2D eigenvalue weighted by Crippen LogP contribution is 2.15. The smallest absolute Gasteiger partial charge is 0.323 e. The molecule has 1 unspecified atom stereocenters. The first kappa shape index (κ1) is 13.5. The number of hydrogen-bond acceptors (Lipinski definition) is 4. The van der Waals surface area contributed by atoms with Crippen molar-refractivity contribution in [3.63, 3.8) is 0 Å². The summed E-state index contributed by atoms with van der Waals surface area (Å²) in [7, 11) is 2.12. The second kappa shape index (κ2) is 6.21. The predicted molar refractivity (Wildman–Crippen MR) is 64.3 cm³/mol. The molecule has 0 aromatic heterocycles. The van der Waals surface area contributed by atoms with E-state index in [0.29, 0.717) is 12.5 Å². The number of likely N-dealkylation sites (N-methyl/N-ethyl adjacent to an activating group) is 1.